The molecule has 1 rings (SSSR count). The van der Waals surface area contributed by atoms with Crippen molar-refractivity contribution in [1.29, 1.82) is 0 Å². The third-order valence-corrected chi connectivity index (χ3v) is 2.29. The molecule has 0 aromatic rings. The van der Waals surface area contributed by atoms with Crippen molar-refractivity contribution in [3.8, 4) is 0 Å². The maximum atomic E-state index is 5.23. The normalized spacial score (nSPS) is 18.8. The van der Waals surface area contributed by atoms with E-state index in [4.69, 9.17) is 22.8 Å². The first kappa shape index (κ1) is 9.70. The van der Waals surface area contributed by atoms with E-state index in [2.05, 4.69) is 10.7 Å². The minimum Gasteiger partial charge on any atom is -0.381 e. The molecule has 4 nitrogen and oxygen atoms in total. The van der Waals surface area contributed by atoms with Crippen LogP contribution in [0.1, 0.15) is 12.8 Å². The molecule has 0 saturated carbocycles. The Hall–Kier alpha value is -0.390. The van der Waals surface area contributed by atoms with E-state index in [0.717, 1.165) is 32.6 Å². The monoisotopic (exact) mass is 189 g/mol. The van der Waals surface area contributed by atoms with Gasteiger partial charge in [-0.15, -0.1) is 0 Å². The van der Waals surface area contributed by atoms with Crippen LogP contribution < -0.4 is 16.6 Å². The van der Waals surface area contributed by atoms with E-state index in [1.165, 1.54) is 0 Å². The summed E-state index contributed by atoms with van der Waals surface area (Å²) in [7, 11) is 0. The van der Waals surface area contributed by atoms with Gasteiger partial charge in [0, 0.05) is 19.8 Å². The van der Waals surface area contributed by atoms with Gasteiger partial charge in [0.05, 0.1) is 0 Å². The molecule has 0 radical (unpaired) electrons. The quantitative estimate of drug-likeness (QED) is 0.318. The van der Waals surface area contributed by atoms with Crippen LogP contribution in [0.5, 0.6) is 0 Å². The molecule has 0 aromatic heterocycles. The van der Waals surface area contributed by atoms with Gasteiger partial charge >= 0.3 is 0 Å². The SMILES string of the molecule is NNC(=S)NCC1CCOCC1. The molecule has 0 aliphatic carbocycles. The Bertz CT molecular complexity index is 148. The van der Waals surface area contributed by atoms with Gasteiger partial charge in [-0.1, -0.05) is 0 Å². The van der Waals surface area contributed by atoms with Gasteiger partial charge in [0.25, 0.3) is 0 Å². The summed E-state index contributed by atoms with van der Waals surface area (Å²) in [5, 5.41) is 3.56. The second-order valence-corrected chi connectivity index (χ2v) is 3.32. The minimum atomic E-state index is 0.515. The van der Waals surface area contributed by atoms with Crippen LogP contribution in [0.15, 0.2) is 0 Å². The van der Waals surface area contributed by atoms with Crippen molar-refractivity contribution in [1.82, 2.24) is 10.7 Å². The van der Waals surface area contributed by atoms with Crippen molar-refractivity contribution in [2.75, 3.05) is 19.8 Å². The van der Waals surface area contributed by atoms with Gasteiger partial charge < -0.3 is 15.5 Å². The maximum absolute atomic E-state index is 5.23. The zero-order valence-electron chi connectivity index (χ0n) is 7.01. The lowest BCUT2D eigenvalue weighted by molar-refractivity contribution is 0.0676. The molecule has 1 saturated heterocycles. The Morgan fingerprint density at radius 2 is 2.17 bits per heavy atom. The fourth-order valence-corrected chi connectivity index (χ4v) is 1.32. The van der Waals surface area contributed by atoms with Crippen LogP contribution in [0, 0.1) is 5.92 Å². The molecule has 4 N–H and O–H groups in total. The summed E-state index contributed by atoms with van der Waals surface area (Å²) >= 11 is 4.85. The van der Waals surface area contributed by atoms with Crippen molar-refractivity contribution in [2.24, 2.45) is 11.8 Å². The summed E-state index contributed by atoms with van der Waals surface area (Å²) in [6.07, 6.45) is 2.22. The highest BCUT2D eigenvalue weighted by Crippen LogP contribution is 2.12. The molecule has 0 amide bonds. The number of nitrogens with one attached hydrogen (secondary N) is 2. The number of rotatable bonds is 2. The van der Waals surface area contributed by atoms with Crippen molar-refractivity contribution in [3.05, 3.63) is 0 Å². The number of hydrazine groups is 1. The summed E-state index contributed by atoms with van der Waals surface area (Å²) in [4.78, 5) is 0. The summed E-state index contributed by atoms with van der Waals surface area (Å²) < 4.78 is 5.23. The lowest BCUT2D eigenvalue weighted by atomic mass is 10.0. The molecule has 0 atom stereocenters. The molecule has 0 spiro atoms. The topological polar surface area (TPSA) is 59.3 Å². The predicted molar refractivity (Wildman–Crippen MR) is 51.5 cm³/mol. The van der Waals surface area contributed by atoms with Crippen LogP contribution in [0.3, 0.4) is 0 Å². The first-order chi connectivity index (χ1) is 5.83. The Morgan fingerprint density at radius 1 is 1.50 bits per heavy atom. The van der Waals surface area contributed by atoms with Crippen molar-refractivity contribution in [3.63, 3.8) is 0 Å². The summed E-state index contributed by atoms with van der Waals surface area (Å²) in [5.41, 5.74) is 2.39. The first-order valence-corrected chi connectivity index (χ1v) is 4.56. The third kappa shape index (κ3) is 3.34. The Balaban J connectivity index is 2.09. The number of nitrogens with two attached hydrogens (primary N) is 1. The maximum Gasteiger partial charge on any atom is 0.180 e. The van der Waals surface area contributed by atoms with Crippen molar-refractivity contribution >= 4 is 17.3 Å². The highest BCUT2D eigenvalue weighted by atomic mass is 32.1. The molecule has 1 aliphatic rings. The van der Waals surface area contributed by atoms with Gasteiger partial charge in [-0.2, -0.15) is 0 Å². The third-order valence-electron chi connectivity index (χ3n) is 2.02. The smallest absolute Gasteiger partial charge is 0.180 e. The first-order valence-electron chi connectivity index (χ1n) is 4.15. The van der Waals surface area contributed by atoms with E-state index in [1.54, 1.807) is 0 Å². The molecular formula is C7H15N3OS. The average molecular weight is 189 g/mol. The molecule has 0 aromatic carbocycles. The standard InChI is InChI=1S/C7H15N3OS/c8-10-7(12)9-5-6-1-3-11-4-2-6/h6H,1-5,8H2,(H2,9,10,12). The van der Waals surface area contributed by atoms with Gasteiger partial charge in [-0.05, 0) is 31.0 Å². The van der Waals surface area contributed by atoms with Gasteiger partial charge in [-0.25, -0.2) is 5.84 Å². The second kappa shape index (κ2) is 5.29. The average Bonchev–Trinajstić information content (AvgIpc) is 2.16. The molecule has 12 heavy (non-hydrogen) atoms. The highest BCUT2D eigenvalue weighted by molar-refractivity contribution is 7.80. The van der Waals surface area contributed by atoms with Crippen molar-refractivity contribution in [2.45, 2.75) is 12.8 Å². The molecule has 0 bridgehead atoms. The minimum absolute atomic E-state index is 0.515. The Morgan fingerprint density at radius 3 is 2.75 bits per heavy atom. The molecule has 1 fully saturated rings. The number of thiocarbonyl (C=S) groups is 1. The Labute approximate surface area is 77.8 Å². The van der Waals surface area contributed by atoms with Gasteiger partial charge in [0.15, 0.2) is 5.11 Å². The lowest BCUT2D eigenvalue weighted by Gasteiger charge is -2.22. The molecule has 70 valence electrons. The molecule has 0 unspecified atom stereocenters. The fraction of sp³-hybridized carbons (Fsp3) is 0.857. The number of hydrogen-bond donors (Lipinski definition) is 3. The van der Waals surface area contributed by atoms with Crippen LogP contribution in [-0.2, 0) is 4.74 Å². The van der Waals surface area contributed by atoms with E-state index in [1.807, 2.05) is 0 Å². The molecule has 5 heteroatoms. The summed E-state index contributed by atoms with van der Waals surface area (Å²) in [6, 6.07) is 0. The molecule has 1 aliphatic heterocycles. The van der Waals surface area contributed by atoms with Gasteiger partial charge in [0.1, 0.15) is 0 Å². The van der Waals surface area contributed by atoms with E-state index in [9.17, 15) is 0 Å². The van der Waals surface area contributed by atoms with Crippen LogP contribution in [-0.4, -0.2) is 24.9 Å². The van der Waals surface area contributed by atoms with Gasteiger partial charge in [0.2, 0.25) is 0 Å². The van der Waals surface area contributed by atoms with E-state index in [-0.39, 0.29) is 0 Å². The number of hydrogen-bond acceptors (Lipinski definition) is 3. The lowest BCUT2D eigenvalue weighted by Crippen LogP contribution is -2.42. The van der Waals surface area contributed by atoms with E-state index >= 15 is 0 Å². The zero-order chi connectivity index (χ0) is 8.81. The Kier molecular flexibility index (Phi) is 4.27. The predicted octanol–water partition coefficient (Wildman–Crippen LogP) is -0.249. The molecule has 1 heterocycles. The van der Waals surface area contributed by atoms with Gasteiger partial charge in [-0.3, -0.25) is 0 Å². The van der Waals surface area contributed by atoms with E-state index in [0.29, 0.717) is 11.0 Å². The second-order valence-electron chi connectivity index (χ2n) is 2.91. The zero-order valence-corrected chi connectivity index (χ0v) is 7.82. The molecular weight excluding hydrogens is 174 g/mol. The summed E-state index contributed by atoms with van der Waals surface area (Å²) in [5.74, 6) is 5.78. The summed E-state index contributed by atoms with van der Waals surface area (Å²) in [6.45, 7) is 2.64. The highest BCUT2D eigenvalue weighted by Gasteiger charge is 2.13. The largest absolute Gasteiger partial charge is 0.381 e. The van der Waals surface area contributed by atoms with Crippen LogP contribution in [0.2, 0.25) is 0 Å². The van der Waals surface area contributed by atoms with E-state index < -0.39 is 0 Å². The fourth-order valence-electron chi connectivity index (χ4n) is 1.24. The van der Waals surface area contributed by atoms with Crippen LogP contribution in [0.25, 0.3) is 0 Å². The van der Waals surface area contributed by atoms with Crippen molar-refractivity contribution < 1.29 is 4.74 Å². The number of ether oxygens (including phenoxy) is 1. The van der Waals surface area contributed by atoms with Crippen LogP contribution >= 0.6 is 12.2 Å². The van der Waals surface area contributed by atoms with Crippen LogP contribution in [0.4, 0.5) is 0 Å².